The molecule has 1 amide bonds. The maximum Gasteiger partial charge on any atom is 0.253 e. The fourth-order valence-electron chi connectivity index (χ4n) is 4.20. The standard InChI is InChI=1S/C21H27N5O2/c27-20-3-1-2-18(24-20)14-25-10-6-16(7-11-25)13-26-15-23-19(12-21(26)28)17-4-8-22-9-5-17/h4-5,8-9,12,15-16,18H,1-3,6-7,10-11,13-14H2,(H,24,27). The second-order valence-electron chi connectivity index (χ2n) is 7.90. The molecule has 4 heterocycles. The molecule has 1 atom stereocenters. The number of aromatic nitrogens is 3. The normalized spacial score (nSPS) is 21.4. The van der Waals surface area contributed by atoms with Gasteiger partial charge in [-0.15, -0.1) is 0 Å². The first kappa shape index (κ1) is 18.8. The number of piperidine rings is 2. The second-order valence-corrected chi connectivity index (χ2v) is 7.90. The lowest BCUT2D eigenvalue weighted by Crippen LogP contribution is -2.48. The first-order valence-electron chi connectivity index (χ1n) is 10.2. The largest absolute Gasteiger partial charge is 0.352 e. The molecule has 7 nitrogen and oxygen atoms in total. The molecule has 1 unspecified atom stereocenters. The van der Waals surface area contributed by atoms with Gasteiger partial charge in [-0.1, -0.05) is 0 Å². The maximum absolute atomic E-state index is 12.5. The zero-order valence-electron chi connectivity index (χ0n) is 16.1. The van der Waals surface area contributed by atoms with Crippen LogP contribution in [-0.2, 0) is 11.3 Å². The Bertz CT molecular complexity index is 859. The summed E-state index contributed by atoms with van der Waals surface area (Å²) in [6.07, 6.45) is 9.96. The van der Waals surface area contributed by atoms with Crippen molar-refractivity contribution in [2.75, 3.05) is 19.6 Å². The Balaban J connectivity index is 1.30. The molecule has 4 rings (SSSR count). The van der Waals surface area contributed by atoms with Gasteiger partial charge < -0.3 is 10.2 Å². The lowest BCUT2D eigenvalue weighted by atomic mass is 9.95. The number of nitrogens with zero attached hydrogens (tertiary/aromatic N) is 4. The van der Waals surface area contributed by atoms with Gasteiger partial charge in [-0.05, 0) is 56.8 Å². The fourth-order valence-corrected chi connectivity index (χ4v) is 4.20. The summed E-state index contributed by atoms with van der Waals surface area (Å²) in [6.45, 7) is 3.71. The quantitative estimate of drug-likeness (QED) is 0.852. The van der Waals surface area contributed by atoms with Crippen LogP contribution in [0.5, 0.6) is 0 Å². The Kier molecular flexibility index (Phi) is 5.81. The summed E-state index contributed by atoms with van der Waals surface area (Å²) < 4.78 is 1.73. The number of nitrogens with one attached hydrogen (secondary N) is 1. The first-order chi connectivity index (χ1) is 13.7. The second kappa shape index (κ2) is 8.65. The third kappa shape index (κ3) is 4.65. The Morgan fingerprint density at radius 3 is 2.57 bits per heavy atom. The van der Waals surface area contributed by atoms with Crippen molar-refractivity contribution in [2.45, 2.75) is 44.7 Å². The predicted octanol–water partition coefficient (Wildman–Crippen LogP) is 1.69. The van der Waals surface area contributed by atoms with E-state index in [2.05, 4.69) is 20.2 Å². The molecular formula is C21H27N5O2. The van der Waals surface area contributed by atoms with E-state index in [1.807, 2.05) is 12.1 Å². The van der Waals surface area contributed by atoms with Crippen molar-refractivity contribution in [1.82, 2.24) is 24.8 Å². The van der Waals surface area contributed by atoms with Crippen LogP contribution in [0.4, 0.5) is 0 Å². The highest BCUT2D eigenvalue weighted by Crippen LogP contribution is 2.20. The molecule has 0 saturated carbocycles. The van der Waals surface area contributed by atoms with Gasteiger partial charge >= 0.3 is 0 Å². The fraction of sp³-hybridized carbons (Fsp3) is 0.524. The average Bonchev–Trinajstić information content (AvgIpc) is 2.72. The van der Waals surface area contributed by atoms with Crippen LogP contribution in [0.25, 0.3) is 11.3 Å². The SMILES string of the molecule is O=C1CCCC(CN2CCC(Cn3cnc(-c4ccncc4)cc3=O)CC2)N1. The summed E-state index contributed by atoms with van der Waals surface area (Å²) in [5, 5.41) is 3.10. The lowest BCUT2D eigenvalue weighted by molar-refractivity contribution is -0.123. The van der Waals surface area contributed by atoms with Crippen molar-refractivity contribution in [3.05, 3.63) is 47.3 Å². The van der Waals surface area contributed by atoms with E-state index in [0.717, 1.165) is 57.4 Å². The molecule has 2 aromatic rings. The number of pyridine rings is 1. The summed E-state index contributed by atoms with van der Waals surface area (Å²) in [7, 11) is 0. The van der Waals surface area contributed by atoms with Crippen molar-refractivity contribution in [2.24, 2.45) is 5.92 Å². The molecule has 0 aromatic carbocycles. The molecule has 148 valence electrons. The topological polar surface area (TPSA) is 80.1 Å². The van der Waals surface area contributed by atoms with Gasteiger partial charge in [-0.3, -0.25) is 19.1 Å². The van der Waals surface area contributed by atoms with E-state index in [0.29, 0.717) is 24.1 Å². The highest BCUT2D eigenvalue weighted by atomic mass is 16.1. The molecular weight excluding hydrogens is 354 g/mol. The van der Waals surface area contributed by atoms with E-state index in [9.17, 15) is 9.59 Å². The van der Waals surface area contributed by atoms with E-state index in [4.69, 9.17) is 0 Å². The van der Waals surface area contributed by atoms with Crippen LogP contribution in [0.15, 0.2) is 41.7 Å². The number of amides is 1. The van der Waals surface area contributed by atoms with Gasteiger partial charge in [0.05, 0.1) is 12.0 Å². The van der Waals surface area contributed by atoms with Crippen LogP contribution >= 0.6 is 0 Å². The third-order valence-corrected chi connectivity index (χ3v) is 5.82. The summed E-state index contributed by atoms with van der Waals surface area (Å²) in [5.74, 6) is 0.677. The van der Waals surface area contributed by atoms with Crippen molar-refractivity contribution >= 4 is 5.91 Å². The first-order valence-corrected chi connectivity index (χ1v) is 10.2. The van der Waals surface area contributed by atoms with Gasteiger partial charge in [0.25, 0.3) is 5.56 Å². The van der Waals surface area contributed by atoms with E-state index in [-0.39, 0.29) is 11.5 Å². The Hall–Kier alpha value is -2.54. The zero-order valence-corrected chi connectivity index (χ0v) is 16.1. The highest BCUT2D eigenvalue weighted by Gasteiger charge is 2.24. The van der Waals surface area contributed by atoms with E-state index in [1.54, 1.807) is 29.4 Å². The minimum absolute atomic E-state index is 0.00541. The minimum atomic E-state index is -0.00541. The van der Waals surface area contributed by atoms with Gasteiger partial charge in [-0.2, -0.15) is 0 Å². The van der Waals surface area contributed by atoms with Gasteiger partial charge in [-0.25, -0.2) is 4.98 Å². The molecule has 2 aliphatic heterocycles. The van der Waals surface area contributed by atoms with Gasteiger partial charge in [0.15, 0.2) is 0 Å². The van der Waals surface area contributed by atoms with Crippen LogP contribution in [0, 0.1) is 5.92 Å². The van der Waals surface area contributed by atoms with E-state index in [1.165, 1.54) is 0 Å². The molecule has 1 N–H and O–H groups in total. The number of rotatable bonds is 5. The average molecular weight is 381 g/mol. The van der Waals surface area contributed by atoms with Crippen molar-refractivity contribution in [1.29, 1.82) is 0 Å². The Morgan fingerprint density at radius 1 is 1.07 bits per heavy atom. The molecule has 28 heavy (non-hydrogen) atoms. The van der Waals surface area contributed by atoms with Crippen molar-refractivity contribution < 1.29 is 4.79 Å². The summed E-state index contributed by atoms with van der Waals surface area (Å²) in [5.41, 5.74) is 1.59. The van der Waals surface area contributed by atoms with Crippen LogP contribution < -0.4 is 10.9 Å². The maximum atomic E-state index is 12.5. The summed E-state index contributed by atoms with van der Waals surface area (Å²) >= 11 is 0. The highest BCUT2D eigenvalue weighted by molar-refractivity contribution is 5.76. The number of likely N-dealkylation sites (tertiary alicyclic amines) is 1. The van der Waals surface area contributed by atoms with E-state index >= 15 is 0 Å². The molecule has 7 heteroatoms. The molecule has 0 bridgehead atoms. The zero-order chi connectivity index (χ0) is 19.3. The van der Waals surface area contributed by atoms with E-state index < -0.39 is 0 Å². The minimum Gasteiger partial charge on any atom is -0.352 e. The number of carbonyl (C=O) groups excluding carboxylic acids is 1. The smallest absolute Gasteiger partial charge is 0.253 e. The molecule has 2 fully saturated rings. The molecule has 0 aliphatic carbocycles. The van der Waals surface area contributed by atoms with Crippen LogP contribution in [-0.4, -0.2) is 51.0 Å². The molecule has 2 aromatic heterocycles. The Morgan fingerprint density at radius 2 is 1.86 bits per heavy atom. The Labute approximate surface area is 164 Å². The number of hydrogen-bond acceptors (Lipinski definition) is 5. The van der Waals surface area contributed by atoms with Crippen LogP contribution in [0.3, 0.4) is 0 Å². The summed E-state index contributed by atoms with van der Waals surface area (Å²) in [4.78, 5) is 35.0. The number of carbonyl (C=O) groups is 1. The molecule has 2 saturated heterocycles. The molecule has 2 aliphatic rings. The van der Waals surface area contributed by atoms with Crippen LogP contribution in [0.1, 0.15) is 32.1 Å². The molecule has 0 spiro atoms. The van der Waals surface area contributed by atoms with Gasteiger partial charge in [0.2, 0.25) is 5.91 Å². The summed E-state index contributed by atoms with van der Waals surface area (Å²) in [6, 6.07) is 5.62. The predicted molar refractivity (Wildman–Crippen MR) is 107 cm³/mol. The monoisotopic (exact) mass is 381 g/mol. The van der Waals surface area contributed by atoms with Gasteiger partial charge in [0, 0.05) is 49.6 Å². The van der Waals surface area contributed by atoms with Crippen molar-refractivity contribution in [3.8, 4) is 11.3 Å². The van der Waals surface area contributed by atoms with Crippen LogP contribution in [0.2, 0.25) is 0 Å². The van der Waals surface area contributed by atoms with Gasteiger partial charge in [0.1, 0.15) is 0 Å². The lowest BCUT2D eigenvalue weighted by Gasteiger charge is -2.35. The third-order valence-electron chi connectivity index (χ3n) is 5.82. The number of hydrogen-bond donors (Lipinski definition) is 1. The van der Waals surface area contributed by atoms with Crippen molar-refractivity contribution in [3.63, 3.8) is 0 Å². The molecule has 0 radical (unpaired) electrons.